The first-order valence-electron chi connectivity index (χ1n) is 23.9. The number of carbonyl (C=O) groups is 3. The molecule has 2 unspecified atom stereocenters. The molecule has 72 heavy (non-hydrogen) atoms. The van der Waals surface area contributed by atoms with Gasteiger partial charge in [0, 0.05) is 37.4 Å². The zero-order valence-corrected chi connectivity index (χ0v) is 42.7. The van der Waals surface area contributed by atoms with Gasteiger partial charge in [0.05, 0.1) is 38.2 Å². The summed E-state index contributed by atoms with van der Waals surface area (Å²) in [6, 6.07) is 6.13. The number of alkyl halides is 1. The highest BCUT2D eigenvalue weighted by Gasteiger charge is 2.53. The van der Waals surface area contributed by atoms with E-state index in [0.717, 1.165) is 49.8 Å². The SMILES string of the molecule is CCCCCCCC(=O)C[C@H](C(=O)N[C@@H](C)C(=O)Cc1ccc(CSP2(=O)OC[C@H]3O[C@@H](n4cnc5c(N)ncnc54)[C@H](F)[C@@H]3OP(=O)(O)OC[C@H]3O[C@@H](n4cnc5c(=O)[nH]cnc54)C[C@@H]3O2)cc1)C(C)C. The highest BCUT2D eigenvalue weighted by molar-refractivity contribution is 8.54. The van der Waals surface area contributed by atoms with E-state index in [-0.39, 0.29) is 76.6 Å². The number of hydrogen-bond acceptors (Lipinski definition) is 19. The lowest BCUT2D eigenvalue weighted by Gasteiger charge is -2.28. The van der Waals surface area contributed by atoms with E-state index in [0.29, 0.717) is 17.5 Å². The third-order valence-corrected chi connectivity index (χ3v) is 17.6. The van der Waals surface area contributed by atoms with E-state index in [9.17, 15) is 28.6 Å². The van der Waals surface area contributed by atoms with Gasteiger partial charge in [0.15, 0.2) is 40.8 Å². The molecule has 0 saturated carbocycles. The fraction of sp³-hybridized carbons (Fsp3) is 0.578. The lowest BCUT2D eigenvalue weighted by Crippen LogP contribution is -2.44. The van der Waals surface area contributed by atoms with Crippen LogP contribution in [0.1, 0.15) is 103 Å². The first-order chi connectivity index (χ1) is 34.4. The Bertz CT molecular complexity index is 2890. The summed E-state index contributed by atoms with van der Waals surface area (Å²) in [6.45, 7) is 1.84. The van der Waals surface area contributed by atoms with Crippen LogP contribution >= 0.6 is 26.0 Å². The van der Waals surface area contributed by atoms with Crippen molar-refractivity contribution in [3.8, 4) is 0 Å². The number of nitrogens with zero attached hydrogens (tertiary/aromatic N) is 7. The summed E-state index contributed by atoms with van der Waals surface area (Å²) in [7, 11) is -5.09. The standard InChI is InChI=1S/C45H59FN10O13P2S/c1-5-6-7-8-9-10-29(57)16-30(25(2)3)43(59)54-26(4)31(58)15-27-11-13-28(14-12-27)20-72-71(63)65-19-34-39(36(46)45(67-34)56-24-52-37-40(47)48-21-49-41(37)56)69-70(61,62)64-18-33-32(68-71)17-35(66-33)55-23-53-38-42(55)50-22-51-44(38)60/h11-14,21-26,30,32-36,39,45H,5-10,15-20H2,1-4H3,(H,54,59)(H,61,62)(H2,47,48,49)(H,50,51,60)/t26-,30-,32-,33+,34+,35+,36+,39+,45+,71?/m0/s1. The lowest BCUT2D eigenvalue weighted by atomic mass is 9.88. The van der Waals surface area contributed by atoms with Gasteiger partial charge in [-0.05, 0) is 41.8 Å². The number of ether oxygens (including phenoxy) is 2. The van der Waals surface area contributed by atoms with Gasteiger partial charge in [0.1, 0.15) is 48.3 Å². The van der Waals surface area contributed by atoms with Crippen LogP contribution in [0.25, 0.3) is 22.3 Å². The second-order valence-electron chi connectivity index (χ2n) is 18.5. The van der Waals surface area contributed by atoms with E-state index in [1.54, 1.807) is 31.2 Å². The number of aromatic amines is 1. The smallest absolute Gasteiger partial charge is 0.382 e. The fourth-order valence-electron chi connectivity index (χ4n) is 8.79. The fourth-order valence-corrected chi connectivity index (χ4v) is 13.2. The first-order valence-corrected chi connectivity index (χ1v) is 28.5. The molecular weight excluding hydrogens is 1000 g/mol. The van der Waals surface area contributed by atoms with E-state index in [2.05, 4.69) is 42.1 Å². The Morgan fingerprint density at radius 3 is 2.38 bits per heavy atom. The second kappa shape index (κ2) is 23.2. The van der Waals surface area contributed by atoms with E-state index in [4.69, 9.17) is 33.3 Å². The minimum Gasteiger partial charge on any atom is -0.382 e. The van der Waals surface area contributed by atoms with Crippen molar-refractivity contribution in [3.63, 3.8) is 0 Å². The number of imidazole rings is 2. The molecule has 0 bridgehead atoms. The molecule has 5 N–H and O–H groups in total. The predicted octanol–water partition coefficient (Wildman–Crippen LogP) is 6.23. The molecule has 7 heterocycles. The van der Waals surface area contributed by atoms with Gasteiger partial charge in [-0.25, -0.2) is 38.4 Å². The maximum Gasteiger partial charge on any atom is 0.472 e. The van der Waals surface area contributed by atoms with Gasteiger partial charge >= 0.3 is 14.6 Å². The maximum atomic E-state index is 16.6. The molecule has 27 heteroatoms. The highest BCUT2D eigenvalue weighted by atomic mass is 32.7. The van der Waals surface area contributed by atoms with Gasteiger partial charge in [-0.15, -0.1) is 0 Å². The van der Waals surface area contributed by atoms with Crippen LogP contribution in [-0.4, -0.2) is 111 Å². The summed E-state index contributed by atoms with van der Waals surface area (Å²) in [5.74, 6) is -1.13. The number of nitrogens with two attached hydrogens (primary N) is 1. The number of ketones is 2. The van der Waals surface area contributed by atoms with E-state index < -0.39 is 88.4 Å². The minimum absolute atomic E-state index is 0.00218. The number of unbranched alkanes of at least 4 members (excludes halogenated alkanes) is 4. The number of anilines is 1. The molecule has 3 aliphatic heterocycles. The summed E-state index contributed by atoms with van der Waals surface area (Å²) in [5, 5.41) is 2.82. The van der Waals surface area contributed by atoms with Gasteiger partial charge in [-0.2, -0.15) is 0 Å². The number of nitrogen functional groups attached to an aromatic ring is 1. The molecule has 1 aromatic carbocycles. The molecule has 1 amide bonds. The van der Waals surface area contributed by atoms with Crippen molar-refractivity contribution in [1.29, 1.82) is 0 Å². The maximum absolute atomic E-state index is 16.6. The van der Waals surface area contributed by atoms with Gasteiger partial charge in [0.2, 0.25) is 5.91 Å². The molecule has 0 aliphatic carbocycles. The topological polar surface area (TPSA) is 306 Å². The number of aromatic nitrogens is 8. The summed E-state index contributed by atoms with van der Waals surface area (Å²) in [4.78, 5) is 86.0. The summed E-state index contributed by atoms with van der Waals surface area (Å²) in [6.07, 6.45) is 0.219. The Labute approximate surface area is 417 Å². The van der Waals surface area contributed by atoms with Crippen LogP contribution in [-0.2, 0) is 63.3 Å². The zero-order valence-electron chi connectivity index (χ0n) is 40.1. The molecule has 3 saturated heterocycles. The van der Waals surface area contributed by atoms with Crippen LogP contribution < -0.4 is 16.6 Å². The zero-order chi connectivity index (χ0) is 51.3. The molecule has 23 nitrogen and oxygen atoms in total. The van der Waals surface area contributed by atoms with Crippen LogP contribution in [0.15, 0.2) is 54.4 Å². The van der Waals surface area contributed by atoms with Crippen molar-refractivity contribution in [1.82, 2.24) is 44.4 Å². The number of phosphoric acid groups is 1. The van der Waals surface area contributed by atoms with Crippen LogP contribution in [0.4, 0.5) is 10.2 Å². The molecule has 3 fully saturated rings. The average Bonchev–Trinajstić information content (AvgIpc) is 4.14. The molecule has 3 aliphatic rings. The number of amides is 1. The van der Waals surface area contributed by atoms with Crippen LogP contribution in [0.5, 0.6) is 0 Å². The van der Waals surface area contributed by atoms with Crippen molar-refractivity contribution < 1.29 is 60.4 Å². The first kappa shape index (κ1) is 53.5. The quantitative estimate of drug-likeness (QED) is 0.0526. The number of Topliss-reactive ketones (excluding diaryl/α,β-unsaturated/α-hetero) is 2. The number of nitrogens with one attached hydrogen (secondary N) is 2. The molecular formula is C45H59FN10O13P2S. The van der Waals surface area contributed by atoms with Crippen molar-refractivity contribution in [3.05, 3.63) is 71.1 Å². The third kappa shape index (κ3) is 12.6. The van der Waals surface area contributed by atoms with Crippen molar-refractivity contribution in [2.45, 2.75) is 140 Å². The Morgan fingerprint density at radius 2 is 1.61 bits per heavy atom. The van der Waals surface area contributed by atoms with Crippen molar-refractivity contribution in [2.75, 3.05) is 18.9 Å². The van der Waals surface area contributed by atoms with Crippen molar-refractivity contribution in [2.24, 2.45) is 11.8 Å². The number of H-pyrrole nitrogens is 1. The normalized spacial score (nSPS) is 27.7. The minimum atomic E-state index is -5.09. The number of carbonyl (C=O) groups excluding carboxylic acids is 3. The summed E-state index contributed by atoms with van der Waals surface area (Å²) in [5.41, 5.74) is 7.20. The number of phosphoric ester groups is 1. The number of fused-ring (bicyclic) bond motifs is 4. The van der Waals surface area contributed by atoms with E-state index >= 15 is 8.96 Å². The molecule has 4 aromatic heterocycles. The Balaban J connectivity index is 0.963. The summed E-state index contributed by atoms with van der Waals surface area (Å²) < 4.78 is 83.4. The Hall–Kier alpha value is -4.81. The van der Waals surface area contributed by atoms with Gasteiger partial charge in [-0.3, -0.25) is 46.4 Å². The van der Waals surface area contributed by atoms with Gasteiger partial charge in [-0.1, -0.05) is 70.7 Å². The van der Waals surface area contributed by atoms with Gasteiger partial charge < -0.3 is 30.4 Å². The monoisotopic (exact) mass is 1060 g/mol. The van der Waals surface area contributed by atoms with Crippen molar-refractivity contribution >= 4 is 71.6 Å². The summed E-state index contributed by atoms with van der Waals surface area (Å²) >= 11 is 0.799. The number of rotatable bonds is 19. The van der Waals surface area contributed by atoms with Crippen LogP contribution in [0, 0.1) is 11.8 Å². The molecule has 390 valence electrons. The molecule has 11 atom stereocenters. The highest BCUT2D eigenvalue weighted by Crippen LogP contribution is 2.64. The predicted molar refractivity (Wildman–Crippen MR) is 260 cm³/mol. The third-order valence-electron chi connectivity index (χ3n) is 12.9. The number of hydrogen-bond donors (Lipinski definition) is 4. The molecule has 0 spiro atoms. The van der Waals surface area contributed by atoms with Crippen LogP contribution in [0.2, 0.25) is 0 Å². The molecule has 8 rings (SSSR count). The largest absolute Gasteiger partial charge is 0.472 e. The Kier molecular flexibility index (Phi) is 17.2. The number of halogens is 1. The van der Waals surface area contributed by atoms with Crippen LogP contribution in [0.3, 0.4) is 0 Å². The Morgan fingerprint density at radius 1 is 0.903 bits per heavy atom. The average molecular weight is 1060 g/mol. The second-order valence-corrected chi connectivity index (χ2v) is 23.9. The van der Waals surface area contributed by atoms with E-state index in [1.165, 1.54) is 28.1 Å². The van der Waals surface area contributed by atoms with Gasteiger partial charge in [0.25, 0.3) is 5.56 Å². The molecule has 5 aromatic rings. The molecule has 0 radical (unpaired) electrons. The lowest BCUT2D eigenvalue weighted by molar-refractivity contribution is -0.133. The van der Waals surface area contributed by atoms with E-state index in [1.807, 2.05) is 13.8 Å². The number of benzene rings is 1.